The van der Waals surface area contributed by atoms with Crippen molar-refractivity contribution in [3.63, 3.8) is 0 Å². The minimum Gasteiger partial charge on any atom is -0.505 e. The Morgan fingerprint density at radius 2 is 1.93 bits per heavy atom. The lowest BCUT2D eigenvalue weighted by Gasteiger charge is -2.50. The Bertz CT molecular complexity index is 816. The maximum atomic E-state index is 12.8. The molecule has 1 aromatic carbocycles. The first-order valence-corrected chi connectivity index (χ1v) is 10.3. The number of carbonyl (C=O) groups is 1. The van der Waals surface area contributed by atoms with Crippen LogP contribution in [0.1, 0.15) is 48.2 Å². The third kappa shape index (κ3) is 3.76. The van der Waals surface area contributed by atoms with Crippen LogP contribution >= 0.6 is 0 Å². The van der Waals surface area contributed by atoms with Crippen LogP contribution in [-0.2, 0) is 0 Å². The highest BCUT2D eigenvalue weighted by molar-refractivity contribution is 5.94. The van der Waals surface area contributed by atoms with Gasteiger partial charge in [0.2, 0.25) is 0 Å². The molecule has 4 rings (SSSR count). The summed E-state index contributed by atoms with van der Waals surface area (Å²) in [4.78, 5) is 21.3. The van der Waals surface area contributed by atoms with Crippen molar-refractivity contribution in [3.05, 3.63) is 59.9 Å². The lowest BCUT2D eigenvalue weighted by Crippen LogP contribution is -2.52. The fourth-order valence-corrected chi connectivity index (χ4v) is 4.95. The Hall–Kier alpha value is -2.40. The number of carbonyl (C=O) groups excluding carboxylic acids is 1. The number of rotatable bonds is 3. The third-order valence-electron chi connectivity index (χ3n) is 6.54. The number of pyridine rings is 1. The number of aromatic nitrogens is 1. The molecule has 0 bridgehead atoms. The molecule has 1 spiro atoms. The van der Waals surface area contributed by atoms with E-state index in [1.165, 1.54) is 18.1 Å². The van der Waals surface area contributed by atoms with Crippen molar-refractivity contribution in [2.45, 2.75) is 32.1 Å². The van der Waals surface area contributed by atoms with Crippen LogP contribution in [0.4, 0.5) is 0 Å². The van der Waals surface area contributed by atoms with E-state index in [1.807, 2.05) is 4.90 Å². The summed E-state index contributed by atoms with van der Waals surface area (Å²) in [5, 5.41) is 9.96. The fraction of sp³-hybridized carbons (Fsp3) is 0.478. The highest BCUT2D eigenvalue weighted by atomic mass is 16.3. The van der Waals surface area contributed by atoms with Crippen molar-refractivity contribution in [1.29, 1.82) is 0 Å². The molecule has 2 aromatic rings. The Morgan fingerprint density at radius 3 is 2.61 bits per heavy atom. The standard InChI is InChI=1S/C23H29N3O2/c1-2-25-16-19(18-7-4-3-5-8-18)15-23(17-25)10-13-26(14-11-23)22(28)21-20(27)9-6-12-24-21/h3-9,12,19,27H,2,10-11,13-17H2,1H3. The molecule has 0 radical (unpaired) electrons. The highest BCUT2D eigenvalue weighted by Crippen LogP contribution is 2.45. The number of benzene rings is 1. The fourth-order valence-electron chi connectivity index (χ4n) is 4.95. The number of likely N-dealkylation sites (tertiary alicyclic amines) is 2. The van der Waals surface area contributed by atoms with Crippen LogP contribution in [0.2, 0.25) is 0 Å². The molecule has 1 unspecified atom stereocenters. The van der Waals surface area contributed by atoms with Crippen LogP contribution in [0.25, 0.3) is 0 Å². The summed E-state index contributed by atoms with van der Waals surface area (Å²) in [5.74, 6) is 0.361. The maximum absolute atomic E-state index is 12.8. The molecule has 0 saturated carbocycles. The van der Waals surface area contributed by atoms with E-state index in [9.17, 15) is 9.90 Å². The molecule has 2 saturated heterocycles. The van der Waals surface area contributed by atoms with Crippen molar-refractivity contribution in [3.8, 4) is 5.75 Å². The normalized spacial score (nSPS) is 22.3. The second kappa shape index (κ2) is 7.92. The van der Waals surface area contributed by atoms with Crippen molar-refractivity contribution in [1.82, 2.24) is 14.8 Å². The average molecular weight is 380 g/mol. The summed E-state index contributed by atoms with van der Waals surface area (Å²) >= 11 is 0. The van der Waals surface area contributed by atoms with E-state index in [0.717, 1.165) is 45.6 Å². The molecule has 28 heavy (non-hydrogen) atoms. The largest absolute Gasteiger partial charge is 0.505 e. The van der Waals surface area contributed by atoms with Gasteiger partial charge in [-0.15, -0.1) is 0 Å². The Balaban J connectivity index is 1.47. The number of aromatic hydroxyl groups is 1. The average Bonchev–Trinajstić information content (AvgIpc) is 2.74. The lowest BCUT2D eigenvalue weighted by molar-refractivity contribution is 0.0155. The lowest BCUT2D eigenvalue weighted by atomic mass is 9.68. The van der Waals surface area contributed by atoms with E-state index in [4.69, 9.17) is 0 Å². The Morgan fingerprint density at radius 1 is 1.18 bits per heavy atom. The Kier molecular flexibility index (Phi) is 5.36. The minimum atomic E-state index is -0.157. The topological polar surface area (TPSA) is 56.7 Å². The zero-order valence-electron chi connectivity index (χ0n) is 16.6. The van der Waals surface area contributed by atoms with E-state index >= 15 is 0 Å². The van der Waals surface area contributed by atoms with Crippen molar-refractivity contribution < 1.29 is 9.90 Å². The van der Waals surface area contributed by atoms with E-state index in [-0.39, 0.29) is 22.8 Å². The quantitative estimate of drug-likeness (QED) is 0.887. The summed E-state index contributed by atoms with van der Waals surface area (Å²) in [5.41, 5.74) is 1.86. The first kappa shape index (κ1) is 18.9. The van der Waals surface area contributed by atoms with Crippen LogP contribution in [0.5, 0.6) is 5.75 Å². The smallest absolute Gasteiger partial charge is 0.276 e. The minimum absolute atomic E-state index is 0.0354. The number of piperidine rings is 2. The van der Waals surface area contributed by atoms with Gasteiger partial charge in [0.25, 0.3) is 5.91 Å². The first-order valence-electron chi connectivity index (χ1n) is 10.3. The second-order valence-corrected chi connectivity index (χ2v) is 8.30. The summed E-state index contributed by atoms with van der Waals surface area (Å²) in [6.45, 7) is 7.00. The van der Waals surface area contributed by atoms with E-state index < -0.39 is 0 Å². The molecule has 1 N–H and O–H groups in total. The first-order chi connectivity index (χ1) is 13.6. The molecule has 2 aliphatic rings. The summed E-state index contributed by atoms with van der Waals surface area (Å²) in [6, 6.07) is 14.0. The van der Waals surface area contributed by atoms with Crippen LogP contribution in [0.3, 0.4) is 0 Å². The molecule has 5 nitrogen and oxygen atoms in total. The highest BCUT2D eigenvalue weighted by Gasteiger charge is 2.42. The van der Waals surface area contributed by atoms with Crippen LogP contribution in [-0.4, -0.2) is 58.5 Å². The van der Waals surface area contributed by atoms with Gasteiger partial charge in [-0.25, -0.2) is 4.98 Å². The maximum Gasteiger partial charge on any atom is 0.276 e. The second-order valence-electron chi connectivity index (χ2n) is 8.30. The van der Waals surface area contributed by atoms with E-state index in [0.29, 0.717) is 5.92 Å². The van der Waals surface area contributed by atoms with Gasteiger partial charge in [0.1, 0.15) is 5.75 Å². The number of hydrogen-bond donors (Lipinski definition) is 1. The number of hydrogen-bond acceptors (Lipinski definition) is 4. The molecule has 2 aliphatic heterocycles. The molecule has 1 amide bonds. The molecular formula is C23H29N3O2. The third-order valence-corrected chi connectivity index (χ3v) is 6.54. The Labute approximate surface area is 167 Å². The summed E-state index contributed by atoms with van der Waals surface area (Å²) in [6.07, 6.45) is 4.76. The van der Waals surface area contributed by atoms with Crippen molar-refractivity contribution in [2.75, 3.05) is 32.7 Å². The molecule has 2 fully saturated rings. The van der Waals surface area contributed by atoms with Gasteiger partial charge in [-0.05, 0) is 54.8 Å². The van der Waals surface area contributed by atoms with Crippen molar-refractivity contribution >= 4 is 5.91 Å². The molecule has 0 aliphatic carbocycles. The zero-order chi connectivity index (χ0) is 19.6. The van der Waals surface area contributed by atoms with Crippen LogP contribution in [0, 0.1) is 5.41 Å². The van der Waals surface area contributed by atoms with Crippen LogP contribution < -0.4 is 0 Å². The summed E-state index contributed by atoms with van der Waals surface area (Å²) < 4.78 is 0. The van der Waals surface area contributed by atoms with Gasteiger partial charge in [0.05, 0.1) is 0 Å². The number of amides is 1. The van der Waals surface area contributed by atoms with Gasteiger partial charge >= 0.3 is 0 Å². The molecular weight excluding hydrogens is 350 g/mol. The number of likely N-dealkylation sites (N-methyl/N-ethyl adjacent to an activating group) is 1. The van der Waals surface area contributed by atoms with Gasteiger partial charge in [-0.3, -0.25) is 4.79 Å². The molecule has 1 atom stereocenters. The predicted molar refractivity (Wildman–Crippen MR) is 109 cm³/mol. The number of nitrogens with zero attached hydrogens (tertiary/aromatic N) is 3. The predicted octanol–water partition coefficient (Wildman–Crippen LogP) is 3.52. The molecule has 148 valence electrons. The van der Waals surface area contributed by atoms with Gasteiger partial charge < -0.3 is 14.9 Å². The van der Waals surface area contributed by atoms with Gasteiger partial charge in [-0.2, -0.15) is 0 Å². The summed E-state index contributed by atoms with van der Waals surface area (Å²) in [7, 11) is 0. The SMILES string of the molecule is CCN1CC(c2ccccc2)CC2(CCN(C(=O)c3ncccc3O)CC2)C1. The molecule has 1 aromatic heterocycles. The van der Waals surface area contributed by atoms with Crippen LogP contribution in [0.15, 0.2) is 48.7 Å². The van der Waals surface area contributed by atoms with Gasteiger partial charge in [-0.1, -0.05) is 37.3 Å². The van der Waals surface area contributed by atoms with Gasteiger partial charge in [0.15, 0.2) is 5.69 Å². The zero-order valence-corrected chi connectivity index (χ0v) is 16.6. The molecule has 3 heterocycles. The monoisotopic (exact) mass is 379 g/mol. The van der Waals surface area contributed by atoms with Crippen molar-refractivity contribution in [2.24, 2.45) is 5.41 Å². The van der Waals surface area contributed by atoms with Gasteiger partial charge in [0, 0.05) is 32.4 Å². The van der Waals surface area contributed by atoms with E-state index in [2.05, 4.69) is 47.1 Å². The van der Waals surface area contributed by atoms with E-state index in [1.54, 1.807) is 12.3 Å². The molecule has 5 heteroatoms.